The Morgan fingerprint density at radius 1 is 1.06 bits per heavy atom. The molecule has 1 saturated heterocycles. The second-order valence-electron chi connectivity index (χ2n) is 10.1. The van der Waals surface area contributed by atoms with Gasteiger partial charge in [0.1, 0.15) is 0 Å². The number of hydrogen-bond donors (Lipinski definition) is 0. The Kier molecular flexibility index (Phi) is 6.86. The topological polar surface area (TPSA) is 27.9 Å². The Labute approximate surface area is 187 Å². The summed E-state index contributed by atoms with van der Waals surface area (Å²) in [4.78, 5) is 20.2. The molecule has 4 nitrogen and oxygen atoms in total. The lowest BCUT2D eigenvalue weighted by atomic mass is 9.61. The van der Waals surface area contributed by atoms with E-state index in [1.54, 1.807) is 19.0 Å². The van der Waals surface area contributed by atoms with Crippen molar-refractivity contribution in [3.8, 4) is 11.1 Å². The van der Waals surface area contributed by atoms with Crippen LogP contribution in [-0.2, 0) is 6.54 Å². The first-order chi connectivity index (χ1) is 14.6. The highest BCUT2D eigenvalue weighted by atomic mass is 16.2. The van der Waals surface area contributed by atoms with Gasteiger partial charge in [-0.3, -0.25) is 9.69 Å². The number of carbonyl (C=O) groups excluding carboxylic acids is 1. The van der Waals surface area contributed by atoms with Gasteiger partial charge in [-0.2, -0.15) is 0 Å². The quantitative estimate of drug-likeness (QED) is 0.592. The summed E-state index contributed by atoms with van der Waals surface area (Å²) < 4.78 is 0. The molecule has 2 aromatic rings. The molecule has 1 aliphatic rings. The minimum absolute atomic E-state index is 0.0214. The minimum atomic E-state index is 0.0214. The smallest absolute Gasteiger partial charge is 0.253 e. The summed E-state index contributed by atoms with van der Waals surface area (Å²) in [5.74, 6) is 0.0214. The summed E-state index contributed by atoms with van der Waals surface area (Å²) in [6, 6.07) is 16.5. The van der Waals surface area contributed by atoms with Crippen LogP contribution in [0.4, 0.5) is 0 Å². The van der Waals surface area contributed by atoms with Gasteiger partial charge in [0.2, 0.25) is 6.54 Å². The third-order valence-electron chi connectivity index (χ3n) is 7.00. The molecule has 0 unspecified atom stereocenters. The molecule has 0 atom stereocenters. The van der Waals surface area contributed by atoms with Crippen molar-refractivity contribution >= 4 is 5.91 Å². The fourth-order valence-corrected chi connectivity index (χ4v) is 4.59. The molecule has 1 heterocycles. The molecule has 0 saturated carbocycles. The van der Waals surface area contributed by atoms with Crippen molar-refractivity contribution in [3.63, 3.8) is 0 Å². The van der Waals surface area contributed by atoms with E-state index in [1.807, 2.05) is 18.2 Å². The van der Waals surface area contributed by atoms with Crippen molar-refractivity contribution in [2.24, 2.45) is 10.8 Å². The van der Waals surface area contributed by atoms with Gasteiger partial charge in [0.25, 0.3) is 5.91 Å². The summed E-state index contributed by atoms with van der Waals surface area (Å²) in [6.45, 7) is 17.9. The van der Waals surface area contributed by atoms with Crippen LogP contribution in [-0.4, -0.2) is 49.4 Å². The van der Waals surface area contributed by atoms with Crippen molar-refractivity contribution in [3.05, 3.63) is 71.1 Å². The number of nitrogens with zero attached hydrogens (tertiary/aromatic N) is 3. The zero-order valence-electron chi connectivity index (χ0n) is 19.6. The zero-order chi connectivity index (χ0) is 22.6. The maximum atomic E-state index is 12.3. The summed E-state index contributed by atoms with van der Waals surface area (Å²) >= 11 is 0. The van der Waals surface area contributed by atoms with Crippen molar-refractivity contribution in [1.29, 1.82) is 0 Å². The van der Waals surface area contributed by atoms with Crippen LogP contribution in [0.15, 0.2) is 48.5 Å². The van der Waals surface area contributed by atoms with Crippen LogP contribution in [0.3, 0.4) is 0 Å². The van der Waals surface area contributed by atoms with E-state index in [1.165, 1.54) is 5.56 Å². The average Bonchev–Trinajstić information content (AvgIpc) is 2.74. The van der Waals surface area contributed by atoms with Crippen LogP contribution < -0.4 is 0 Å². The lowest BCUT2D eigenvalue weighted by Crippen LogP contribution is -2.47. The number of likely N-dealkylation sites (tertiary alicyclic amines) is 1. The minimum Gasteiger partial charge on any atom is -0.345 e. The Morgan fingerprint density at radius 2 is 1.71 bits per heavy atom. The highest BCUT2D eigenvalue weighted by Gasteiger charge is 2.46. The predicted molar refractivity (Wildman–Crippen MR) is 128 cm³/mol. The Morgan fingerprint density at radius 3 is 2.26 bits per heavy atom. The van der Waals surface area contributed by atoms with Gasteiger partial charge in [0.05, 0.1) is 0 Å². The highest BCUT2D eigenvalue weighted by molar-refractivity contribution is 5.95. The molecule has 0 aliphatic carbocycles. The van der Waals surface area contributed by atoms with Crippen molar-refractivity contribution in [2.45, 2.75) is 40.2 Å². The van der Waals surface area contributed by atoms with E-state index in [9.17, 15) is 4.79 Å². The van der Waals surface area contributed by atoms with Crippen LogP contribution >= 0.6 is 0 Å². The molecule has 4 heteroatoms. The van der Waals surface area contributed by atoms with Gasteiger partial charge in [-0.05, 0) is 60.2 Å². The first kappa shape index (κ1) is 23.0. The molecule has 164 valence electrons. The van der Waals surface area contributed by atoms with E-state index in [2.05, 4.69) is 60.8 Å². The molecule has 0 radical (unpaired) electrons. The fraction of sp³-hybridized carbons (Fsp3) is 0.481. The number of hydrogen-bond acceptors (Lipinski definition) is 2. The summed E-state index contributed by atoms with van der Waals surface area (Å²) in [5, 5.41) is 0. The molecular weight excluding hydrogens is 382 g/mol. The van der Waals surface area contributed by atoms with Gasteiger partial charge >= 0.3 is 0 Å². The standard InChI is InChI=1S/C27H35N3O/c1-26(2,3)27(20-28-4)14-16-30(17-15-27)19-21-10-12-22(13-11-21)23-8-7-9-24(18-23)25(31)29(5)6/h7-13,18H,14-17,19-20H2,1-3,5-6H3. The van der Waals surface area contributed by atoms with E-state index in [4.69, 9.17) is 6.57 Å². The molecule has 1 fully saturated rings. The van der Waals surface area contributed by atoms with Crippen molar-refractivity contribution in [2.75, 3.05) is 33.7 Å². The predicted octanol–water partition coefficient (Wildman–Crippen LogP) is 5.60. The molecule has 2 aromatic carbocycles. The van der Waals surface area contributed by atoms with Crippen LogP contribution in [0.1, 0.15) is 49.5 Å². The van der Waals surface area contributed by atoms with Crippen LogP contribution in [0.25, 0.3) is 16.0 Å². The maximum absolute atomic E-state index is 12.3. The number of rotatable bonds is 5. The molecule has 31 heavy (non-hydrogen) atoms. The summed E-state index contributed by atoms with van der Waals surface area (Å²) in [5.41, 5.74) is 4.49. The Bertz CT molecular complexity index is 940. The average molecular weight is 418 g/mol. The van der Waals surface area contributed by atoms with Crippen LogP contribution in [0.2, 0.25) is 0 Å². The molecular formula is C27H35N3O. The summed E-state index contributed by atoms with van der Waals surface area (Å²) in [6.07, 6.45) is 2.17. The van der Waals surface area contributed by atoms with Gasteiger partial charge in [-0.15, -0.1) is 0 Å². The molecule has 0 bridgehead atoms. The first-order valence-corrected chi connectivity index (χ1v) is 11.1. The zero-order valence-corrected chi connectivity index (χ0v) is 19.6. The first-order valence-electron chi connectivity index (χ1n) is 11.1. The van der Waals surface area contributed by atoms with E-state index in [-0.39, 0.29) is 16.7 Å². The Balaban J connectivity index is 1.65. The van der Waals surface area contributed by atoms with Crippen LogP contribution in [0, 0.1) is 17.4 Å². The monoisotopic (exact) mass is 417 g/mol. The molecule has 0 aromatic heterocycles. The fourth-order valence-electron chi connectivity index (χ4n) is 4.59. The van der Waals surface area contributed by atoms with Gasteiger partial charge < -0.3 is 9.74 Å². The number of carbonyl (C=O) groups is 1. The SMILES string of the molecule is [C-]#[N+]CC1(C(C)(C)C)CCN(Cc2ccc(-c3cccc(C(=O)N(C)C)c3)cc2)CC1. The molecule has 0 N–H and O–H groups in total. The largest absolute Gasteiger partial charge is 0.345 e. The van der Waals surface area contributed by atoms with E-state index < -0.39 is 0 Å². The second-order valence-corrected chi connectivity index (χ2v) is 10.1. The maximum Gasteiger partial charge on any atom is 0.253 e. The van der Waals surface area contributed by atoms with Gasteiger partial charge in [-0.1, -0.05) is 57.2 Å². The second kappa shape index (κ2) is 9.24. The summed E-state index contributed by atoms with van der Waals surface area (Å²) in [7, 11) is 3.55. The van der Waals surface area contributed by atoms with E-state index in [0.29, 0.717) is 12.1 Å². The van der Waals surface area contributed by atoms with Crippen LogP contribution in [0.5, 0.6) is 0 Å². The Hall–Kier alpha value is -2.64. The molecule has 1 aliphatic heterocycles. The number of piperidine rings is 1. The third kappa shape index (κ3) is 5.17. The lowest BCUT2D eigenvalue weighted by molar-refractivity contribution is 0.0173. The van der Waals surface area contributed by atoms with Crippen molar-refractivity contribution < 1.29 is 4.79 Å². The normalized spacial score (nSPS) is 16.5. The molecule has 0 spiro atoms. The van der Waals surface area contributed by atoms with Gasteiger partial charge in [-0.25, -0.2) is 6.57 Å². The van der Waals surface area contributed by atoms with E-state index in [0.717, 1.165) is 43.6 Å². The van der Waals surface area contributed by atoms with E-state index >= 15 is 0 Å². The van der Waals surface area contributed by atoms with Gasteiger partial charge in [0.15, 0.2) is 0 Å². The molecule has 3 rings (SSSR count). The molecule has 1 amide bonds. The highest BCUT2D eigenvalue weighted by Crippen LogP contribution is 2.47. The third-order valence-corrected chi connectivity index (χ3v) is 7.00. The van der Waals surface area contributed by atoms with Gasteiger partial charge in [0, 0.05) is 31.6 Å². The number of benzene rings is 2. The lowest BCUT2D eigenvalue weighted by Gasteiger charge is -2.46. The van der Waals surface area contributed by atoms with Crippen molar-refractivity contribution in [1.82, 2.24) is 9.80 Å². The number of amides is 1.